The molecule has 3 saturated carbocycles. The van der Waals surface area contributed by atoms with Crippen molar-refractivity contribution < 1.29 is 9.59 Å². The van der Waals surface area contributed by atoms with Gasteiger partial charge in [0, 0.05) is 12.8 Å². The van der Waals surface area contributed by atoms with Gasteiger partial charge in [0.2, 0.25) is 0 Å². The molecule has 0 aliphatic heterocycles. The molecule has 2 heteroatoms. The van der Waals surface area contributed by atoms with E-state index in [2.05, 4.69) is 19.9 Å². The topological polar surface area (TPSA) is 34.1 Å². The predicted octanol–water partition coefficient (Wildman–Crippen LogP) is 4.64. The van der Waals surface area contributed by atoms with E-state index in [4.69, 9.17) is 0 Å². The molecule has 2 nitrogen and oxygen atoms in total. The maximum Gasteiger partial charge on any atom is 0.159 e. The molecule has 0 aromatic carbocycles. The van der Waals surface area contributed by atoms with Crippen molar-refractivity contribution in [2.45, 2.75) is 65.7 Å². The second kappa shape index (κ2) is 4.91. The Morgan fingerprint density at radius 3 is 2.57 bits per heavy atom. The van der Waals surface area contributed by atoms with Gasteiger partial charge < -0.3 is 0 Å². The van der Waals surface area contributed by atoms with Gasteiger partial charge in [-0.2, -0.15) is 0 Å². The van der Waals surface area contributed by atoms with Crippen molar-refractivity contribution in [3.05, 3.63) is 23.3 Å². The summed E-state index contributed by atoms with van der Waals surface area (Å²) in [7, 11) is 0. The number of Topliss-reactive ketones (excluding diaryl/α,β-unsaturated/α-hetero) is 1. The molecule has 4 aliphatic rings. The van der Waals surface area contributed by atoms with Crippen molar-refractivity contribution in [2.75, 3.05) is 0 Å². The Labute approximate surface area is 139 Å². The summed E-state index contributed by atoms with van der Waals surface area (Å²) in [5, 5.41) is 0. The molecular formula is C21H28O2. The summed E-state index contributed by atoms with van der Waals surface area (Å²) < 4.78 is 0. The molecule has 0 spiro atoms. The zero-order chi connectivity index (χ0) is 16.4. The number of carbonyl (C=O) groups excluding carboxylic acids is 2. The van der Waals surface area contributed by atoms with E-state index in [1.807, 2.05) is 13.0 Å². The van der Waals surface area contributed by atoms with Gasteiger partial charge in [-0.3, -0.25) is 9.59 Å². The van der Waals surface area contributed by atoms with Crippen molar-refractivity contribution in [3.63, 3.8) is 0 Å². The number of carbonyl (C=O) groups is 2. The fourth-order valence-corrected chi connectivity index (χ4v) is 6.71. The molecule has 5 atom stereocenters. The number of ketones is 2. The van der Waals surface area contributed by atoms with Crippen molar-refractivity contribution >= 4 is 11.6 Å². The lowest BCUT2D eigenvalue weighted by Gasteiger charge is -2.57. The minimum Gasteiger partial charge on any atom is -0.295 e. The molecule has 0 N–H and O–H groups in total. The Kier molecular flexibility index (Phi) is 3.28. The zero-order valence-electron chi connectivity index (χ0n) is 14.7. The van der Waals surface area contributed by atoms with E-state index in [1.54, 1.807) is 0 Å². The molecule has 0 radical (unpaired) electrons. The number of allylic oxidation sites excluding steroid dienone is 3. The second-order valence-electron chi connectivity index (χ2n) is 8.75. The molecule has 0 aromatic rings. The van der Waals surface area contributed by atoms with Gasteiger partial charge in [0.05, 0.1) is 0 Å². The quantitative estimate of drug-likeness (QED) is 0.610. The molecule has 3 fully saturated rings. The monoisotopic (exact) mass is 312 g/mol. The predicted molar refractivity (Wildman–Crippen MR) is 90.9 cm³/mol. The molecule has 0 unspecified atom stereocenters. The van der Waals surface area contributed by atoms with Gasteiger partial charge >= 0.3 is 0 Å². The highest BCUT2D eigenvalue weighted by Gasteiger charge is 2.59. The summed E-state index contributed by atoms with van der Waals surface area (Å²) in [6, 6.07) is 0. The Balaban J connectivity index is 1.72. The average molecular weight is 312 g/mol. The molecule has 4 aliphatic carbocycles. The van der Waals surface area contributed by atoms with E-state index in [0.717, 1.165) is 31.3 Å². The van der Waals surface area contributed by atoms with Crippen molar-refractivity contribution in [1.82, 2.24) is 0 Å². The van der Waals surface area contributed by atoms with Crippen LogP contribution in [0.1, 0.15) is 65.7 Å². The van der Waals surface area contributed by atoms with Crippen molar-refractivity contribution in [3.8, 4) is 0 Å². The highest BCUT2D eigenvalue weighted by Crippen LogP contribution is 2.65. The van der Waals surface area contributed by atoms with Crippen LogP contribution in [0.25, 0.3) is 0 Å². The summed E-state index contributed by atoms with van der Waals surface area (Å²) in [6.45, 7) is 6.77. The van der Waals surface area contributed by atoms with E-state index in [9.17, 15) is 9.59 Å². The Morgan fingerprint density at radius 2 is 1.83 bits per heavy atom. The SMILES string of the molecule is CC=C1C(=O)C[C@@H]2[C@@H]3CCC4=CC(=O)CC[C@]4(C)[C@H]3CC[C@]12C. The van der Waals surface area contributed by atoms with E-state index in [-0.39, 0.29) is 10.8 Å². The molecule has 124 valence electrons. The lowest BCUT2D eigenvalue weighted by atomic mass is 9.47. The van der Waals surface area contributed by atoms with Crippen LogP contribution in [0.4, 0.5) is 0 Å². The lowest BCUT2D eigenvalue weighted by Crippen LogP contribution is -2.49. The molecule has 0 heterocycles. The third kappa shape index (κ3) is 1.93. The third-order valence-electron chi connectivity index (χ3n) is 7.96. The highest BCUT2D eigenvalue weighted by atomic mass is 16.1. The standard InChI is InChI=1S/C21H28O2/c1-4-16-19(23)12-18-15-6-5-13-11-14(22)7-9-20(13,2)17(15)8-10-21(16,18)3/h4,11,15,17-18H,5-10,12H2,1-3H3/t15-,17+,18-,20+,21-/m1/s1. The highest BCUT2D eigenvalue weighted by molar-refractivity contribution is 5.99. The van der Waals surface area contributed by atoms with Gasteiger partial charge in [-0.05, 0) is 79.3 Å². The summed E-state index contributed by atoms with van der Waals surface area (Å²) >= 11 is 0. The molecule has 23 heavy (non-hydrogen) atoms. The van der Waals surface area contributed by atoms with Crippen LogP contribution in [0.5, 0.6) is 0 Å². The van der Waals surface area contributed by atoms with Gasteiger partial charge in [-0.1, -0.05) is 25.5 Å². The fraction of sp³-hybridized carbons (Fsp3) is 0.714. The molecule has 0 amide bonds. The van der Waals surface area contributed by atoms with Crippen molar-refractivity contribution in [2.24, 2.45) is 28.6 Å². The Morgan fingerprint density at radius 1 is 1.04 bits per heavy atom. The smallest absolute Gasteiger partial charge is 0.159 e. The molecule has 0 saturated heterocycles. The van der Waals surface area contributed by atoms with Gasteiger partial charge in [-0.25, -0.2) is 0 Å². The van der Waals surface area contributed by atoms with Gasteiger partial charge in [0.1, 0.15) is 0 Å². The first-order valence-corrected chi connectivity index (χ1v) is 9.34. The van der Waals surface area contributed by atoms with Crippen LogP contribution in [0.15, 0.2) is 23.3 Å². The first kappa shape index (κ1) is 15.4. The summed E-state index contributed by atoms with van der Waals surface area (Å²) in [6.07, 6.45) is 11.1. The van der Waals surface area contributed by atoms with E-state index < -0.39 is 0 Å². The van der Waals surface area contributed by atoms with E-state index in [0.29, 0.717) is 35.7 Å². The number of fused-ring (bicyclic) bond motifs is 5. The normalized spacial score (nSPS) is 47.9. The maximum absolute atomic E-state index is 12.5. The van der Waals surface area contributed by atoms with Crippen LogP contribution in [-0.4, -0.2) is 11.6 Å². The minimum absolute atomic E-state index is 0.106. The van der Waals surface area contributed by atoms with Crippen LogP contribution in [0.2, 0.25) is 0 Å². The summed E-state index contributed by atoms with van der Waals surface area (Å²) in [5.74, 6) is 2.56. The summed E-state index contributed by atoms with van der Waals surface area (Å²) in [4.78, 5) is 24.4. The first-order chi connectivity index (χ1) is 10.9. The number of hydrogen-bond acceptors (Lipinski definition) is 2. The number of rotatable bonds is 0. The molecule has 4 rings (SSSR count). The van der Waals surface area contributed by atoms with Gasteiger partial charge in [-0.15, -0.1) is 0 Å². The molecular weight excluding hydrogens is 284 g/mol. The van der Waals surface area contributed by atoms with Crippen LogP contribution in [0.3, 0.4) is 0 Å². The van der Waals surface area contributed by atoms with Crippen LogP contribution in [-0.2, 0) is 9.59 Å². The number of hydrogen-bond donors (Lipinski definition) is 0. The maximum atomic E-state index is 12.5. The van der Waals surface area contributed by atoms with Crippen LogP contribution in [0, 0.1) is 28.6 Å². The van der Waals surface area contributed by atoms with Crippen LogP contribution >= 0.6 is 0 Å². The zero-order valence-corrected chi connectivity index (χ0v) is 14.7. The minimum atomic E-state index is 0.106. The van der Waals surface area contributed by atoms with Crippen LogP contribution < -0.4 is 0 Å². The fourth-order valence-electron chi connectivity index (χ4n) is 6.71. The lowest BCUT2D eigenvalue weighted by molar-refractivity contribution is -0.117. The van der Waals surface area contributed by atoms with E-state index >= 15 is 0 Å². The van der Waals surface area contributed by atoms with Gasteiger partial charge in [0.15, 0.2) is 11.6 Å². The molecule has 0 aromatic heterocycles. The Bertz CT molecular complexity index is 640. The Hall–Kier alpha value is -1.18. The second-order valence-corrected chi connectivity index (χ2v) is 8.75. The first-order valence-electron chi connectivity index (χ1n) is 9.34. The van der Waals surface area contributed by atoms with Gasteiger partial charge in [0.25, 0.3) is 0 Å². The largest absolute Gasteiger partial charge is 0.295 e. The summed E-state index contributed by atoms with van der Waals surface area (Å²) in [5.41, 5.74) is 2.83. The van der Waals surface area contributed by atoms with E-state index in [1.165, 1.54) is 18.4 Å². The third-order valence-corrected chi connectivity index (χ3v) is 7.96. The molecule has 0 bridgehead atoms. The van der Waals surface area contributed by atoms with Crippen molar-refractivity contribution in [1.29, 1.82) is 0 Å². The average Bonchev–Trinajstić information content (AvgIpc) is 2.77.